The summed E-state index contributed by atoms with van der Waals surface area (Å²) in [6.07, 6.45) is 4.25. The van der Waals surface area contributed by atoms with Crippen LogP contribution in [0, 0.1) is 17.2 Å². The number of ether oxygens (including phenoxy) is 1. The molecule has 0 spiro atoms. The van der Waals surface area contributed by atoms with Crippen molar-refractivity contribution in [3.63, 3.8) is 0 Å². The smallest absolute Gasteiger partial charge is 0.410 e. The molecule has 10 heteroatoms. The molecule has 3 heterocycles. The van der Waals surface area contributed by atoms with Gasteiger partial charge >= 0.3 is 6.09 Å². The van der Waals surface area contributed by atoms with E-state index in [1.165, 1.54) is 12.8 Å². The number of carbonyl (C=O) groups is 1. The Balaban J connectivity index is 1.57. The number of morpholine rings is 1. The van der Waals surface area contributed by atoms with Gasteiger partial charge in [0, 0.05) is 18.7 Å². The second-order valence-corrected chi connectivity index (χ2v) is 11.8. The summed E-state index contributed by atoms with van der Waals surface area (Å²) in [4.78, 5) is 28.4. The topological polar surface area (TPSA) is 129 Å². The van der Waals surface area contributed by atoms with Crippen molar-refractivity contribution in [3.05, 3.63) is 71.5 Å². The summed E-state index contributed by atoms with van der Waals surface area (Å²) < 4.78 is 8.27. The maximum atomic E-state index is 11.4. The molecule has 10 nitrogen and oxygen atoms in total. The van der Waals surface area contributed by atoms with Gasteiger partial charge in [-0.1, -0.05) is 75.2 Å². The van der Waals surface area contributed by atoms with Gasteiger partial charge in [-0.15, -0.1) is 0 Å². The summed E-state index contributed by atoms with van der Waals surface area (Å²) in [5.41, 5.74) is 5.13. The van der Waals surface area contributed by atoms with Crippen LogP contribution >= 0.6 is 0 Å². The van der Waals surface area contributed by atoms with E-state index in [2.05, 4.69) is 57.9 Å². The molecule has 1 saturated carbocycles. The van der Waals surface area contributed by atoms with E-state index < -0.39 is 6.09 Å². The van der Waals surface area contributed by atoms with E-state index in [-0.39, 0.29) is 17.7 Å². The molecule has 6 rings (SSSR count). The number of nitrogens with zero attached hydrogens (tertiary/aromatic N) is 5. The van der Waals surface area contributed by atoms with Gasteiger partial charge in [0.15, 0.2) is 17.3 Å². The molecule has 0 unspecified atom stereocenters. The van der Waals surface area contributed by atoms with Crippen LogP contribution in [0.3, 0.4) is 0 Å². The van der Waals surface area contributed by atoms with Gasteiger partial charge in [-0.2, -0.15) is 4.98 Å². The zero-order valence-electron chi connectivity index (χ0n) is 24.8. The summed E-state index contributed by atoms with van der Waals surface area (Å²) in [7, 11) is 0. The molecule has 0 bridgehead atoms. The van der Waals surface area contributed by atoms with Crippen molar-refractivity contribution in [1.29, 1.82) is 5.41 Å². The Hall–Kier alpha value is -4.31. The third-order valence-electron chi connectivity index (χ3n) is 8.79. The predicted octanol–water partition coefficient (Wildman–Crippen LogP) is 6.05. The quantitative estimate of drug-likeness (QED) is 0.179. The second-order valence-electron chi connectivity index (χ2n) is 11.8. The van der Waals surface area contributed by atoms with Crippen LogP contribution in [0.1, 0.15) is 62.5 Å². The Morgan fingerprint density at radius 1 is 1.07 bits per heavy atom. The summed E-state index contributed by atoms with van der Waals surface area (Å²) in [6, 6.07) is 18.6. The molecule has 3 N–H and O–H groups in total. The van der Waals surface area contributed by atoms with Crippen LogP contribution in [-0.4, -0.2) is 56.3 Å². The lowest BCUT2D eigenvalue weighted by Crippen LogP contribution is -2.41. The Kier molecular flexibility index (Phi) is 8.38. The van der Waals surface area contributed by atoms with Gasteiger partial charge in [-0.05, 0) is 48.3 Å². The lowest BCUT2D eigenvalue weighted by atomic mass is 9.83. The first-order valence-electron chi connectivity index (χ1n) is 15.3. The van der Waals surface area contributed by atoms with Crippen LogP contribution in [0.2, 0.25) is 0 Å². The molecular formula is C33H39N7O3. The number of aryl methyl sites for hydroxylation is 1. The minimum atomic E-state index is -1.33. The SMILES string of the molecule is CCc1cccc(-c2nc(C(=N)NC(=O)O)nc3nc(N4CCOC[C@H]4c4ccccc4)n(C[C@H]4CC[C@H](C)CC4)c23)c1. The molecule has 2 aliphatic rings. The van der Waals surface area contributed by atoms with Gasteiger partial charge in [0.25, 0.3) is 0 Å². The number of amides is 1. The first-order valence-corrected chi connectivity index (χ1v) is 15.3. The molecule has 1 atom stereocenters. The van der Waals surface area contributed by atoms with Gasteiger partial charge in [0.05, 0.1) is 19.3 Å². The number of amidine groups is 1. The Bertz CT molecular complexity index is 1610. The molecule has 2 aromatic heterocycles. The van der Waals surface area contributed by atoms with Gasteiger partial charge in [-0.25, -0.2) is 14.8 Å². The fourth-order valence-corrected chi connectivity index (χ4v) is 6.40. The summed E-state index contributed by atoms with van der Waals surface area (Å²) in [5, 5.41) is 19.9. The number of aromatic nitrogens is 4. The van der Waals surface area contributed by atoms with Crippen molar-refractivity contribution >= 4 is 29.0 Å². The highest BCUT2D eigenvalue weighted by Crippen LogP contribution is 2.38. The number of nitrogens with one attached hydrogen (secondary N) is 2. The number of hydrogen-bond donors (Lipinski definition) is 3. The average Bonchev–Trinajstić information content (AvgIpc) is 3.39. The van der Waals surface area contributed by atoms with E-state index in [0.29, 0.717) is 37.0 Å². The van der Waals surface area contributed by atoms with Crippen LogP contribution in [0.4, 0.5) is 10.7 Å². The van der Waals surface area contributed by atoms with Crippen molar-refractivity contribution in [2.24, 2.45) is 11.8 Å². The van der Waals surface area contributed by atoms with Gasteiger partial charge in [0.2, 0.25) is 5.95 Å². The maximum Gasteiger partial charge on any atom is 0.410 e. The largest absolute Gasteiger partial charge is 0.465 e. The van der Waals surface area contributed by atoms with Gasteiger partial charge in [0.1, 0.15) is 11.2 Å². The number of hydrogen-bond acceptors (Lipinski definition) is 7. The molecule has 1 aliphatic heterocycles. The molecule has 2 fully saturated rings. The molecule has 224 valence electrons. The van der Waals surface area contributed by atoms with E-state index in [4.69, 9.17) is 20.1 Å². The molecular weight excluding hydrogens is 542 g/mol. The maximum absolute atomic E-state index is 11.4. The van der Waals surface area contributed by atoms with Crippen molar-refractivity contribution in [2.75, 3.05) is 24.7 Å². The Labute approximate surface area is 251 Å². The number of fused-ring (bicyclic) bond motifs is 1. The lowest BCUT2D eigenvalue weighted by Gasteiger charge is -2.37. The summed E-state index contributed by atoms with van der Waals surface area (Å²) in [5.74, 6) is 1.65. The molecule has 1 aliphatic carbocycles. The van der Waals surface area contributed by atoms with Crippen LogP contribution < -0.4 is 10.2 Å². The zero-order valence-corrected chi connectivity index (χ0v) is 24.8. The van der Waals surface area contributed by atoms with Crippen LogP contribution in [0.25, 0.3) is 22.4 Å². The number of benzene rings is 2. The van der Waals surface area contributed by atoms with Crippen molar-refractivity contribution in [3.8, 4) is 11.3 Å². The molecule has 4 aromatic rings. The van der Waals surface area contributed by atoms with E-state index in [1.807, 2.05) is 30.3 Å². The van der Waals surface area contributed by atoms with Gasteiger partial charge < -0.3 is 19.3 Å². The lowest BCUT2D eigenvalue weighted by molar-refractivity contribution is 0.0927. The summed E-state index contributed by atoms with van der Waals surface area (Å²) in [6.45, 7) is 7.03. The molecule has 1 amide bonds. The van der Waals surface area contributed by atoms with Crippen molar-refractivity contribution in [2.45, 2.75) is 58.5 Å². The first kappa shape index (κ1) is 28.8. The van der Waals surface area contributed by atoms with E-state index >= 15 is 0 Å². The van der Waals surface area contributed by atoms with E-state index in [0.717, 1.165) is 59.9 Å². The highest BCUT2D eigenvalue weighted by molar-refractivity contribution is 6.03. The van der Waals surface area contributed by atoms with E-state index in [1.54, 1.807) is 0 Å². The Morgan fingerprint density at radius 3 is 2.60 bits per heavy atom. The van der Waals surface area contributed by atoms with Crippen LogP contribution in [0.15, 0.2) is 54.6 Å². The fourth-order valence-electron chi connectivity index (χ4n) is 6.40. The molecule has 43 heavy (non-hydrogen) atoms. The minimum Gasteiger partial charge on any atom is -0.465 e. The van der Waals surface area contributed by atoms with Crippen molar-refractivity contribution < 1.29 is 14.6 Å². The second kappa shape index (κ2) is 12.5. The monoisotopic (exact) mass is 581 g/mol. The fraction of sp³-hybridized carbons (Fsp3) is 0.424. The van der Waals surface area contributed by atoms with Crippen LogP contribution in [0.5, 0.6) is 0 Å². The number of anilines is 1. The Morgan fingerprint density at radius 2 is 1.86 bits per heavy atom. The van der Waals surface area contributed by atoms with Gasteiger partial charge in [-0.3, -0.25) is 10.7 Å². The third kappa shape index (κ3) is 6.10. The standard InChI is InChI=1S/C33H39N7O3/c1-3-22-8-7-11-25(18-22)27-28-30(37-31(35-27)29(34)36-33(41)42)38-32(40(28)19-23-14-12-21(2)13-15-23)39-16-17-43-20-26(39)24-9-5-4-6-10-24/h4-11,18,21,23,26H,3,12-17,19-20H2,1-2H3,(H2,34,36)(H,41,42)/t21-,23-,26-/m0/s1. The van der Waals surface area contributed by atoms with Crippen LogP contribution in [-0.2, 0) is 17.7 Å². The predicted molar refractivity (Wildman–Crippen MR) is 167 cm³/mol. The molecule has 0 radical (unpaired) electrons. The minimum absolute atomic E-state index is 0.00363. The first-order chi connectivity index (χ1) is 20.9. The van der Waals surface area contributed by atoms with E-state index in [9.17, 15) is 9.90 Å². The number of rotatable bonds is 7. The number of carboxylic acid groups (broad SMARTS) is 1. The normalized spacial score (nSPS) is 20.7. The molecule has 1 saturated heterocycles. The zero-order chi connectivity index (χ0) is 29.9. The van der Waals surface area contributed by atoms with Crippen molar-refractivity contribution in [1.82, 2.24) is 24.8 Å². The number of imidazole rings is 1. The highest BCUT2D eigenvalue weighted by Gasteiger charge is 2.32. The molecule has 2 aromatic carbocycles. The third-order valence-corrected chi connectivity index (χ3v) is 8.79. The average molecular weight is 582 g/mol. The summed E-state index contributed by atoms with van der Waals surface area (Å²) >= 11 is 0. The highest BCUT2D eigenvalue weighted by atomic mass is 16.5.